The SMILES string of the molecule is CC1CCC(C(C)C)C(OO)C1.O=S(=O)([O-])[O-].[Fe+2]. The summed E-state index contributed by atoms with van der Waals surface area (Å²) in [6.45, 7) is 6.63. The second kappa shape index (κ2) is 9.25. The van der Waals surface area contributed by atoms with Gasteiger partial charge in [0.2, 0.25) is 0 Å². The molecule has 3 atom stereocenters. The first-order valence-electron chi connectivity index (χ1n) is 5.62. The molecule has 1 aliphatic carbocycles. The van der Waals surface area contributed by atoms with Gasteiger partial charge in [0.15, 0.2) is 0 Å². The summed E-state index contributed by atoms with van der Waals surface area (Å²) in [5.41, 5.74) is 0. The van der Waals surface area contributed by atoms with Gasteiger partial charge < -0.3 is 9.11 Å². The quantitative estimate of drug-likeness (QED) is 0.272. The smallest absolute Gasteiger partial charge is 0.759 e. The summed E-state index contributed by atoms with van der Waals surface area (Å²) >= 11 is 0. The van der Waals surface area contributed by atoms with Crippen LogP contribution in [0.25, 0.3) is 0 Å². The van der Waals surface area contributed by atoms with E-state index < -0.39 is 10.4 Å². The molecule has 0 bridgehead atoms. The van der Waals surface area contributed by atoms with Gasteiger partial charge in [0.05, 0.1) is 6.10 Å². The standard InChI is InChI=1S/C10H20O2.Fe.H2O4S/c1-7(2)9-5-4-8(3)6-10(9)12-11;;1-5(2,3)4/h7-11H,4-6H2,1-3H3;;(H2,1,2,3,4)/q;+2;/p-2. The fourth-order valence-electron chi connectivity index (χ4n) is 2.24. The molecule has 0 aromatic heterocycles. The average molecular weight is 324 g/mol. The van der Waals surface area contributed by atoms with Gasteiger partial charge in [-0.25, -0.2) is 4.89 Å². The Balaban J connectivity index is 0. The zero-order chi connectivity index (χ0) is 13.6. The summed E-state index contributed by atoms with van der Waals surface area (Å²) in [4.78, 5) is 4.54. The van der Waals surface area contributed by atoms with Crippen LogP contribution in [0, 0.1) is 17.8 Å². The first-order chi connectivity index (χ1) is 7.65. The first kappa shape index (κ1) is 20.6. The molecule has 1 aliphatic rings. The summed E-state index contributed by atoms with van der Waals surface area (Å²) in [5, 5.41) is 8.73. The Hall–Kier alpha value is 0.309. The molecule has 0 heterocycles. The van der Waals surface area contributed by atoms with Crippen LogP contribution in [0.1, 0.15) is 40.0 Å². The molecule has 0 aromatic rings. The van der Waals surface area contributed by atoms with E-state index >= 15 is 0 Å². The topological polar surface area (TPSA) is 110 Å². The third-order valence-corrected chi connectivity index (χ3v) is 3.10. The van der Waals surface area contributed by atoms with E-state index in [-0.39, 0.29) is 23.2 Å². The van der Waals surface area contributed by atoms with Crippen molar-refractivity contribution < 1.29 is 44.7 Å². The Labute approximate surface area is 119 Å². The Bertz CT molecular complexity index is 297. The van der Waals surface area contributed by atoms with E-state index in [1.54, 1.807) is 0 Å². The van der Waals surface area contributed by atoms with Crippen molar-refractivity contribution in [2.24, 2.45) is 17.8 Å². The van der Waals surface area contributed by atoms with Crippen LogP contribution in [-0.4, -0.2) is 28.9 Å². The van der Waals surface area contributed by atoms with Crippen LogP contribution in [0.4, 0.5) is 0 Å². The second-order valence-electron chi connectivity index (χ2n) is 4.88. The maximum atomic E-state index is 8.73. The number of hydrogen-bond acceptors (Lipinski definition) is 6. The molecule has 0 aliphatic heterocycles. The van der Waals surface area contributed by atoms with E-state index in [0.29, 0.717) is 17.8 Å². The van der Waals surface area contributed by atoms with Crippen LogP contribution in [0.5, 0.6) is 0 Å². The molecule has 6 nitrogen and oxygen atoms in total. The molecule has 1 N–H and O–H groups in total. The largest absolute Gasteiger partial charge is 2.00 e. The zero-order valence-electron chi connectivity index (χ0n) is 10.7. The van der Waals surface area contributed by atoms with E-state index in [1.807, 2.05) is 0 Å². The summed E-state index contributed by atoms with van der Waals surface area (Å²) in [7, 11) is -5.17. The van der Waals surface area contributed by atoms with Gasteiger partial charge in [-0.1, -0.05) is 27.2 Å². The molecule has 8 heteroatoms. The molecule has 0 saturated heterocycles. The molecule has 0 aromatic carbocycles. The summed E-state index contributed by atoms with van der Waals surface area (Å²) in [6.07, 6.45) is 3.57. The summed E-state index contributed by atoms with van der Waals surface area (Å²) in [5.74, 6) is 1.87. The van der Waals surface area contributed by atoms with Crippen molar-refractivity contribution in [1.82, 2.24) is 0 Å². The monoisotopic (exact) mass is 324 g/mol. The van der Waals surface area contributed by atoms with E-state index in [0.717, 1.165) is 6.42 Å². The Morgan fingerprint density at radius 3 is 2.06 bits per heavy atom. The van der Waals surface area contributed by atoms with Gasteiger partial charge in [-0.05, 0) is 30.6 Å². The van der Waals surface area contributed by atoms with Crippen molar-refractivity contribution in [2.45, 2.75) is 46.1 Å². The second-order valence-corrected chi connectivity index (χ2v) is 5.69. The average Bonchev–Trinajstić information content (AvgIpc) is 2.14. The molecule has 0 amide bonds. The van der Waals surface area contributed by atoms with Crippen LogP contribution in [-0.2, 0) is 32.4 Å². The van der Waals surface area contributed by atoms with Gasteiger partial charge >= 0.3 is 17.1 Å². The van der Waals surface area contributed by atoms with Crippen LogP contribution >= 0.6 is 0 Å². The van der Waals surface area contributed by atoms with Gasteiger partial charge in [-0.3, -0.25) is 13.7 Å². The Morgan fingerprint density at radius 1 is 1.28 bits per heavy atom. The van der Waals surface area contributed by atoms with Crippen LogP contribution in [0.15, 0.2) is 0 Å². The minimum absolute atomic E-state index is 0. The van der Waals surface area contributed by atoms with Gasteiger partial charge in [0.25, 0.3) is 0 Å². The molecular formula is C10H20FeO6S. The van der Waals surface area contributed by atoms with Crippen molar-refractivity contribution in [2.75, 3.05) is 0 Å². The number of hydrogen-bond donors (Lipinski definition) is 1. The van der Waals surface area contributed by atoms with Crippen molar-refractivity contribution in [1.29, 1.82) is 0 Å². The van der Waals surface area contributed by atoms with Crippen LogP contribution in [0.3, 0.4) is 0 Å². The normalized spacial score (nSPS) is 28.1. The fraction of sp³-hybridized carbons (Fsp3) is 1.00. The van der Waals surface area contributed by atoms with Gasteiger partial charge in [-0.2, -0.15) is 0 Å². The maximum absolute atomic E-state index is 8.73. The van der Waals surface area contributed by atoms with E-state index in [1.165, 1.54) is 12.8 Å². The van der Waals surface area contributed by atoms with Gasteiger partial charge in [-0.15, -0.1) is 0 Å². The third kappa shape index (κ3) is 10.3. The molecule has 18 heavy (non-hydrogen) atoms. The van der Waals surface area contributed by atoms with E-state index in [2.05, 4.69) is 25.7 Å². The van der Waals surface area contributed by atoms with Crippen molar-refractivity contribution in [3.63, 3.8) is 0 Å². The van der Waals surface area contributed by atoms with Gasteiger partial charge in [0, 0.05) is 10.4 Å². The fourth-order valence-corrected chi connectivity index (χ4v) is 2.24. The van der Waals surface area contributed by atoms with E-state index in [9.17, 15) is 0 Å². The maximum Gasteiger partial charge on any atom is 2.00 e. The molecule has 1 fully saturated rings. The zero-order valence-corrected chi connectivity index (χ0v) is 12.6. The molecule has 110 valence electrons. The predicted molar refractivity (Wildman–Crippen MR) is 59.3 cm³/mol. The third-order valence-electron chi connectivity index (χ3n) is 3.10. The first-order valence-corrected chi connectivity index (χ1v) is 6.95. The van der Waals surface area contributed by atoms with E-state index in [4.69, 9.17) is 22.8 Å². The minimum Gasteiger partial charge on any atom is -0.759 e. The Morgan fingerprint density at radius 2 is 1.72 bits per heavy atom. The minimum atomic E-state index is -5.17. The Kier molecular flexibility index (Phi) is 10.6. The summed E-state index contributed by atoms with van der Waals surface area (Å²) in [6, 6.07) is 0. The van der Waals surface area contributed by atoms with Crippen LogP contribution < -0.4 is 0 Å². The summed E-state index contributed by atoms with van der Waals surface area (Å²) < 4.78 is 34.1. The molecule has 1 rings (SSSR count). The molecule has 1 saturated carbocycles. The number of rotatable bonds is 2. The van der Waals surface area contributed by atoms with Gasteiger partial charge in [0.1, 0.15) is 0 Å². The van der Waals surface area contributed by atoms with Crippen LogP contribution in [0.2, 0.25) is 0 Å². The van der Waals surface area contributed by atoms with Crippen molar-refractivity contribution >= 4 is 10.4 Å². The van der Waals surface area contributed by atoms with Crippen molar-refractivity contribution in [3.8, 4) is 0 Å². The molecular weight excluding hydrogens is 304 g/mol. The molecule has 3 unspecified atom stereocenters. The molecule has 0 spiro atoms. The van der Waals surface area contributed by atoms with Crippen molar-refractivity contribution in [3.05, 3.63) is 0 Å². The predicted octanol–water partition coefficient (Wildman–Crippen LogP) is 1.60. The molecule has 0 radical (unpaired) electrons.